The van der Waals surface area contributed by atoms with Gasteiger partial charge in [-0.2, -0.15) is 0 Å². The number of fused-ring (bicyclic) bond motifs is 4. The normalized spacial score (nSPS) is 25.9. The molecule has 102 valence electrons. The van der Waals surface area contributed by atoms with Gasteiger partial charge < -0.3 is 4.74 Å². The second-order valence-corrected chi connectivity index (χ2v) is 5.68. The van der Waals surface area contributed by atoms with Crippen LogP contribution < -0.4 is 0 Å². The molecule has 2 atom stereocenters. The lowest BCUT2D eigenvalue weighted by Crippen LogP contribution is -2.47. The fourth-order valence-corrected chi connectivity index (χ4v) is 3.61. The summed E-state index contributed by atoms with van der Waals surface area (Å²) in [5, 5.41) is 0. The maximum Gasteiger partial charge on any atom is 0.0645 e. The van der Waals surface area contributed by atoms with E-state index in [2.05, 4.69) is 35.7 Å². The summed E-state index contributed by atoms with van der Waals surface area (Å²) in [6, 6.07) is 9.73. The molecule has 0 aromatic heterocycles. The zero-order valence-electron chi connectivity index (χ0n) is 11.6. The Morgan fingerprint density at radius 2 is 2.26 bits per heavy atom. The Hall–Kier alpha value is -1.12. The summed E-state index contributed by atoms with van der Waals surface area (Å²) >= 11 is 0. The van der Waals surface area contributed by atoms with Crippen LogP contribution in [0.1, 0.15) is 29.9 Å². The van der Waals surface area contributed by atoms with Crippen LogP contribution in [-0.2, 0) is 11.2 Å². The number of rotatable bonds is 5. The van der Waals surface area contributed by atoms with Crippen molar-refractivity contribution in [3.63, 3.8) is 0 Å². The molecule has 0 amide bonds. The lowest BCUT2D eigenvalue weighted by molar-refractivity contribution is 0.0728. The minimum absolute atomic E-state index is 0.671. The molecule has 1 aliphatic carbocycles. The fraction of sp³-hybridized carbons (Fsp3) is 0.529. The molecule has 0 saturated carbocycles. The lowest BCUT2D eigenvalue weighted by atomic mass is 9.75. The van der Waals surface area contributed by atoms with Crippen LogP contribution in [0.2, 0.25) is 0 Å². The zero-order chi connectivity index (χ0) is 13.1. The van der Waals surface area contributed by atoms with Gasteiger partial charge in [-0.25, -0.2) is 0 Å². The first-order chi connectivity index (χ1) is 9.38. The van der Waals surface area contributed by atoms with E-state index >= 15 is 0 Å². The first kappa shape index (κ1) is 12.9. The van der Waals surface area contributed by atoms with Gasteiger partial charge in [0.2, 0.25) is 0 Å². The second-order valence-electron chi connectivity index (χ2n) is 5.68. The van der Waals surface area contributed by atoms with Crippen molar-refractivity contribution in [3.05, 3.63) is 48.0 Å². The molecular weight excluding hydrogens is 234 g/mol. The van der Waals surface area contributed by atoms with Crippen molar-refractivity contribution < 1.29 is 4.74 Å². The summed E-state index contributed by atoms with van der Waals surface area (Å²) in [5.41, 5.74) is 3.18. The number of hydrogen-bond acceptors (Lipinski definition) is 2. The van der Waals surface area contributed by atoms with E-state index in [1.54, 1.807) is 11.1 Å². The van der Waals surface area contributed by atoms with E-state index in [-0.39, 0.29) is 0 Å². The van der Waals surface area contributed by atoms with Crippen LogP contribution in [0, 0.1) is 0 Å². The Balaban J connectivity index is 1.63. The van der Waals surface area contributed by atoms with Gasteiger partial charge in [0.15, 0.2) is 0 Å². The number of hydrogen-bond donors (Lipinski definition) is 0. The highest BCUT2D eigenvalue weighted by atomic mass is 16.5. The van der Waals surface area contributed by atoms with Crippen LogP contribution in [0.3, 0.4) is 0 Å². The van der Waals surface area contributed by atoms with Crippen LogP contribution in [0.25, 0.3) is 0 Å². The van der Waals surface area contributed by atoms with Gasteiger partial charge in [0.25, 0.3) is 0 Å². The Kier molecular flexibility index (Phi) is 4.00. The standard InChI is InChI=1S/C17H23NO/c1-2-10-19-11-9-18-8-7-15-13-16(18)12-14-5-3-4-6-17(14)15/h2-6,15-16H,1,7-13H2. The molecule has 19 heavy (non-hydrogen) atoms. The Morgan fingerprint density at radius 3 is 3.16 bits per heavy atom. The monoisotopic (exact) mass is 257 g/mol. The van der Waals surface area contributed by atoms with Crippen molar-refractivity contribution in [2.24, 2.45) is 0 Å². The van der Waals surface area contributed by atoms with Crippen LogP contribution in [0.5, 0.6) is 0 Å². The molecule has 0 radical (unpaired) electrons. The molecule has 2 heteroatoms. The number of ether oxygens (including phenoxy) is 1. The van der Waals surface area contributed by atoms with Crippen molar-refractivity contribution in [1.29, 1.82) is 0 Å². The molecule has 2 aliphatic rings. The molecular formula is C17H23NO. The Morgan fingerprint density at radius 1 is 1.37 bits per heavy atom. The first-order valence-corrected chi connectivity index (χ1v) is 7.39. The molecule has 1 fully saturated rings. The molecule has 2 nitrogen and oxygen atoms in total. The summed E-state index contributed by atoms with van der Waals surface area (Å²) in [6.07, 6.45) is 5.67. The Bertz CT molecular complexity index is 443. The topological polar surface area (TPSA) is 12.5 Å². The van der Waals surface area contributed by atoms with Crippen molar-refractivity contribution in [2.75, 3.05) is 26.3 Å². The smallest absolute Gasteiger partial charge is 0.0645 e. The zero-order valence-corrected chi connectivity index (χ0v) is 11.6. The van der Waals surface area contributed by atoms with Gasteiger partial charge in [0.05, 0.1) is 13.2 Å². The molecule has 1 saturated heterocycles. The number of piperidine rings is 1. The predicted octanol–water partition coefficient (Wildman–Crippen LogP) is 2.99. The highest BCUT2D eigenvalue weighted by molar-refractivity contribution is 5.34. The maximum atomic E-state index is 5.53. The van der Waals surface area contributed by atoms with Gasteiger partial charge in [0, 0.05) is 12.6 Å². The van der Waals surface area contributed by atoms with Crippen molar-refractivity contribution in [3.8, 4) is 0 Å². The summed E-state index contributed by atoms with van der Waals surface area (Å²) in [7, 11) is 0. The quantitative estimate of drug-likeness (QED) is 0.594. The van der Waals surface area contributed by atoms with Gasteiger partial charge in [0.1, 0.15) is 0 Å². The van der Waals surface area contributed by atoms with Crippen LogP contribution in [0.4, 0.5) is 0 Å². The lowest BCUT2D eigenvalue weighted by Gasteiger charge is -2.44. The molecule has 1 heterocycles. The molecule has 1 aromatic carbocycles. The highest BCUT2D eigenvalue weighted by Crippen LogP contribution is 2.39. The molecule has 2 unspecified atom stereocenters. The third kappa shape index (κ3) is 2.75. The van der Waals surface area contributed by atoms with E-state index in [0.29, 0.717) is 6.61 Å². The fourth-order valence-electron chi connectivity index (χ4n) is 3.61. The van der Waals surface area contributed by atoms with Gasteiger partial charge >= 0.3 is 0 Å². The number of nitrogens with zero attached hydrogens (tertiary/aromatic N) is 1. The summed E-state index contributed by atoms with van der Waals surface area (Å²) < 4.78 is 5.53. The minimum atomic E-state index is 0.671. The van der Waals surface area contributed by atoms with Gasteiger partial charge in [-0.1, -0.05) is 30.3 Å². The van der Waals surface area contributed by atoms with Gasteiger partial charge in [-0.15, -0.1) is 6.58 Å². The van der Waals surface area contributed by atoms with E-state index < -0.39 is 0 Å². The second kappa shape index (κ2) is 5.89. The highest BCUT2D eigenvalue weighted by Gasteiger charge is 2.34. The van der Waals surface area contributed by atoms with E-state index in [0.717, 1.165) is 25.1 Å². The maximum absolute atomic E-state index is 5.53. The number of likely N-dealkylation sites (tertiary alicyclic amines) is 1. The summed E-state index contributed by atoms with van der Waals surface area (Å²) in [4.78, 5) is 2.62. The van der Waals surface area contributed by atoms with Crippen LogP contribution in [-0.4, -0.2) is 37.2 Å². The molecule has 1 aliphatic heterocycles. The SMILES string of the molecule is C=CCOCCN1CCC2CC1Cc1ccccc12. The molecule has 0 spiro atoms. The van der Waals surface area contributed by atoms with E-state index in [1.807, 2.05) is 6.08 Å². The third-order valence-corrected chi connectivity index (χ3v) is 4.55. The van der Waals surface area contributed by atoms with E-state index in [4.69, 9.17) is 4.74 Å². The minimum Gasteiger partial charge on any atom is -0.376 e. The number of benzene rings is 1. The van der Waals surface area contributed by atoms with Crippen molar-refractivity contribution in [1.82, 2.24) is 4.90 Å². The van der Waals surface area contributed by atoms with Crippen LogP contribution in [0.15, 0.2) is 36.9 Å². The average Bonchev–Trinajstić information content (AvgIpc) is 2.46. The average molecular weight is 257 g/mol. The van der Waals surface area contributed by atoms with E-state index in [1.165, 1.54) is 25.8 Å². The third-order valence-electron chi connectivity index (χ3n) is 4.55. The first-order valence-electron chi connectivity index (χ1n) is 7.39. The van der Waals surface area contributed by atoms with Crippen molar-refractivity contribution >= 4 is 0 Å². The Labute approximate surface area is 116 Å². The summed E-state index contributed by atoms with van der Waals surface area (Å²) in [6.45, 7) is 7.47. The van der Waals surface area contributed by atoms with Gasteiger partial charge in [-0.3, -0.25) is 4.90 Å². The largest absolute Gasteiger partial charge is 0.376 e. The van der Waals surface area contributed by atoms with Crippen LogP contribution >= 0.6 is 0 Å². The predicted molar refractivity (Wildman–Crippen MR) is 78.5 cm³/mol. The van der Waals surface area contributed by atoms with Crippen molar-refractivity contribution in [2.45, 2.75) is 31.2 Å². The summed E-state index contributed by atoms with van der Waals surface area (Å²) in [5.74, 6) is 0.792. The molecule has 0 N–H and O–H groups in total. The van der Waals surface area contributed by atoms with E-state index in [9.17, 15) is 0 Å². The molecule has 2 bridgehead atoms. The molecule has 3 rings (SSSR count). The molecule has 1 aromatic rings. The van der Waals surface area contributed by atoms with Gasteiger partial charge in [-0.05, 0) is 42.9 Å².